The van der Waals surface area contributed by atoms with Gasteiger partial charge in [0.15, 0.2) is 0 Å². The van der Waals surface area contributed by atoms with Crippen molar-refractivity contribution in [3.63, 3.8) is 0 Å². The number of hydrogen-bond donors (Lipinski definition) is 1. The Morgan fingerprint density at radius 1 is 1.47 bits per heavy atom. The summed E-state index contributed by atoms with van der Waals surface area (Å²) in [7, 11) is 0. The molecule has 0 spiro atoms. The lowest BCUT2D eigenvalue weighted by molar-refractivity contribution is 0.0871. The summed E-state index contributed by atoms with van der Waals surface area (Å²) in [5, 5.41) is 5.21. The Kier molecular flexibility index (Phi) is 5.07. The first kappa shape index (κ1) is 15.0. The summed E-state index contributed by atoms with van der Waals surface area (Å²) < 4.78 is 0.903. The molecule has 1 saturated carbocycles. The minimum Gasteiger partial charge on any atom is -0.348 e. The normalized spacial score (nSPS) is 27.5. The third-order valence-corrected chi connectivity index (χ3v) is 6.00. The van der Waals surface area contributed by atoms with Crippen molar-refractivity contribution in [1.82, 2.24) is 5.32 Å². The number of nitrogens with one attached hydrogen (secondary N) is 1. The van der Waals surface area contributed by atoms with Crippen molar-refractivity contribution >= 4 is 33.2 Å². The van der Waals surface area contributed by atoms with E-state index in [1.54, 1.807) is 0 Å². The molecule has 0 aliphatic heterocycles. The quantitative estimate of drug-likeness (QED) is 0.846. The van der Waals surface area contributed by atoms with Crippen LogP contribution in [0.15, 0.2) is 15.9 Å². The largest absolute Gasteiger partial charge is 0.348 e. The molecule has 1 heterocycles. The maximum Gasteiger partial charge on any atom is 0.262 e. The van der Waals surface area contributed by atoms with E-state index in [1.807, 2.05) is 11.4 Å². The molecule has 1 N–H and O–H groups in total. The van der Waals surface area contributed by atoms with E-state index >= 15 is 0 Å². The van der Waals surface area contributed by atoms with E-state index in [1.165, 1.54) is 24.2 Å². The van der Waals surface area contributed by atoms with Crippen LogP contribution in [-0.4, -0.2) is 11.9 Å². The van der Waals surface area contributed by atoms with Crippen molar-refractivity contribution in [2.75, 3.05) is 0 Å². The summed E-state index contributed by atoms with van der Waals surface area (Å²) in [4.78, 5) is 13.1. The van der Waals surface area contributed by atoms with Gasteiger partial charge in [-0.25, -0.2) is 0 Å². The maximum atomic E-state index is 12.3. The Bertz CT molecular complexity index is 443. The second kappa shape index (κ2) is 6.40. The molecule has 4 heteroatoms. The average Bonchev–Trinajstić information content (AvgIpc) is 2.75. The highest BCUT2D eigenvalue weighted by atomic mass is 79.9. The molecule has 3 unspecified atom stereocenters. The van der Waals surface area contributed by atoms with Gasteiger partial charge < -0.3 is 5.32 Å². The minimum atomic E-state index is 0.0756. The monoisotopic (exact) mass is 343 g/mol. The topological polar surface area (TPSA) is 29.1 Å². The van der Waals surface area contributed by atoms with Gasteiger partial charge in [-0.3, -0.25) is 4.79 Å². The van der Waals surface area contributed by atoms with Crippen LogP contribution >= 0.6 is 27.3 Å². The molecule has 0 aromatic carbocycles. The second-order valence-electron chi connectivity index (χ2n) is 6.00. The molecular formula is C15H22BrNOS. The number of halogens is 1. The van der Waals surface area contributed by atoms with Crippen LogP contribution in [0.3, 0.4) is 0 Å². The Hall–Kier alpha value is -0.350. The SMILES string of the molecule is CC1CCC(C(C)C)C(NC(=O)c2sccc2Br)C1. The zero-order valence-electron chi connectivity index (χ0n) is 11.8. The molecule has 1 aromatic rings. The van der Waals surface area contributed by atoms with Crippen LogP contribution < -0.4 is 5.32 Å². The first-order valence-corrected chi connectivity index (χ1v) is 8.70. The van der Waals surface area contributed by atoms with Crippen LogP contribution in [0.4, 0.5) is 0 Å². The number of amides is 1. The minimum absolute atomic E-state index is 0.0756. The van der Waals surface area contributed by atoms with Crippen molar-refractivity contribution in [3.8, 4) is 0 Å². The first-order valence-electron chi connectivity index (χ1n) is 7.03. The molecule has 1 amide bonds. The molecule has 1 aliphatic rings. The number of carbonyl (C=O) groups is 1. The van der Waals surface area contributed by atoms with Gasteiger partial charge in [-0.2, -0.15) is 0 Å². The Morgan fingerprint density at radius 3 is 2.79 bits per heavy atom. The molecule has 0 bridgehead atoms. The maximum absolute atomic E-state index is 12.3. The Morgan fingerprint density at radius 2 is 2.21 bits per heavy atom. The van der Waals surface area contributed by atoms with Gasteiger partial charge in [0, 0.05) is 10.5 Å². The van der Waals surface area contributed by atoms with Crippen molar-refractivity contribution in [3.05, 3.63) is 20.8 Å². The fourth-order valence-corrected chi connectivity index (χ4v) is 4.51. The summed E-state index contributed by atoms with van der Waals surface area (Å²) >= 11 is 4.93. The third kappa shape index (κ3) is 3.60. The highest BCUT2D eigenvalue weighted by Crippen LogP contribution is 2.34. The lowest BCUT2D eigenvalue weighted by Crippen LogP contribution is -2.45. The van der Waals surface area contributed by atoms with Crippen LogP contribution in [0.25, 0.3) is 0 Å². The van der Waals surface area contributed by atoms with E-state index in [0.29, 0.717) is 23.8 Å². The average molecular weight is 344 g/mol. The summed E-state index contributed by atoms with van der Waals surface area (Å²) in [6, 6.07) is 2.26. The predicted molar refractivity (Wildman–Crippen MR) is 84.6 cm³/mol. The van der Waals surface area contributed by atoms with Crippen LogP contribution in [0, 0.1) is 17.8 Å². The van der Waals surface area contributed by atoms with Gasteiger partial charge in [0.25, 0.3) is 5.91 Å². The molecule has 106 valence electrons. The zero-order chi connectivity index (χ0) is 14.0. The van der Waals surface area contributed by atoms with Crippen LogP contribution in [0.2, 0.25) is 0 Å². The van der Waals surface area contributed by atoms with Gasteiger partial charge in [-0.1, -0.05) is 27.2 Å². The van der Waals surface area contributed by atoms with Crippen molar-refractivity contribution < 1.29 is 4.79 Å². The molecular weight excluding hydrogens is 322 g/mol. The molecule has 3 atom stereocenters. The molecule has 1 fully saturated rings. The van der Waals surface area contributed by atoms with Gasteiger partial charge in [0.2, 0.25) is 0 Å². The van der Waals surface area contributed by atoms with Gasteiger partial charge in [-0.05, 0) is 58.0 Å². The lowest BCUT2D eigenvalue weighted by atomic mass is 9.74. The van der Waals surface area contributed by atoms with Crippen LogP contribution in [0.5, 0.6) is 0 Å². The van der Waals surface area contributed by atoms with Gasteiger partial charge in [0.1, 0.15) is 4.88 Å². The smallest absolute Gasteiger partial charge is 0.262 e. The molecule has 1 aliphatic carbocycles. The summed E-state index contributed by atoms with van der Waals surface area (Å²) in [6.07, 6.45) is 3.63. The van der Waals surface area contributed by atoms with Crippen molar-refractivity contribution in [1.29, 1.82) is 0 Å². The number of rotatable bonds is 3. The van der Waals surface area contributed by atoms with Gasteiger partial charge in [-0.15, -0.1) is 11.3 Å². The molecule has 0 saturated heterocycles. The fraction of sp³-hybridized carbons (Fsp3) is 0.667. The lowest BCUT2D eigenvalue weighted by Gasteiger charge is -2.37. The van der Waals surface area contributed by atoms with E-state index in [-0.39, 0.29) is 5.91 Å². The number of hydrogen-bond acceptors (Lipinski definition) is 2. The van der Waals surface area contributed by atoms with Gasteiger partial charge >= 0.3 is 0 Å². The highest BCUT2D eigenvalue weighted by molar-refractivity contribution is 9.10. The van der Waals surface area contributed by atoms with Crippen LogP contribution in [-0.2, 0) is 0 Å². The summed E-state index contributed by atoms with van der Waals surface area (Å²) in [5.41, 5.74) is 0. The molecule has 19 heavy (non-hydrogen) atoms. The molecule has 2 rings (SSSR count). The second-order valence-corrected chi connectivity index (χ2v) is 7.77. The van der Waals surface area contributed by atoms with E-state index < -0.39 is 0 Å². The van der Waals surface area contributed by atoms with E-state index in [2.05, 4.69) is 42.0 Å². The predicted octanol–water partition coefficient (Wildman–Crippen LogP) is 4.70. The third-order valence-electron chi connectivity index (χ3n) is 4.16. The highest BCUT2D eigenvalue weighted by Gasteiger charge is 2.32. The molecule has 1 aromatic heterocycles. The van der Waals surface area contributed by atoms with E-state index in [4.69, 9.17) is 0 Å². The number of thiophene rings is 1. The van der Waals surface area contributed by atoms with Gasteiger partial charge in [0.05, 0.1) is 0 Å². The fourth-order valence-electron chi connectivity index (χ4n) is 3.06. The number of carbonyl (C=O) groups excluding carboxylic acids is 1. The van der Waals surface area contributed by atoms with Crippen molar-refractivity contribution in [2.24, 2.45) is 17.8 Å². The molecule has 2 nitrogen and oxygen atoms in total. The zero-order valence-corrected chi connectivity index (χ0v) is 14.2. The van der Waals surface area contributed by atoms with Crippen molar-refractivity contribution in [2.45, 2.75) is 46.1 Å². The standard InChI is InChI=1S/C15H22BrNOS/c1-9(2)11-5-4-10(3)8-13(11)17-15(18)14-12(16)6-7-19-14/h6-7,9-11,13H,4-5,8H2,1-3H3,(H,17,18). The Labute approximate surface area is 128 Å². The van der Waals surface area contributed by atoms with E-state index in [0.717, 1.165) is 15.8 Å². The molecule has 0 radical (unpaired) electrons. The first-order chi connectivity index (χ1) is 8.99. The van der Waals surface area contributed by atoms with Crippen LogP contribution in [0.1, 0.15) is 49.7 Å². The summed E-state index contributed by atoms with van der Waals surface area (Å²) in [5.74, 6) is 2.03. The Balaban J connectivity index is 2.07. The summed E-state index contributed by atoms with van der Waals surface area (Å²) in [6.45, 7) is 6.82. The van der Waals surface area contributed by atoms with E-state index in [9.17, 15) is 4.79 Å².